The molecule has 148 valence electrons. The number of allylic oxidation sites excluding steroid dienone is 1. The largest absolute Gasteiger partial charge is 0.388 e. The SMILES string of the molecule is CCCCCCCCCCC/C=C/COC[C@H](O)[C@H]1OC[C@@H](O)[C@H]1O. The Morgan fingerprint density at radius 3 is 2.24 bits per heavy atom. The Hall–Kier alpha value is -0.460. The Bertz CT molecular complexity index is 334. The maximum absolute atomic E-state index is 9.88. The number of aliphatic hydroxyl groups excluding tert-OH is 3. The summed E-state index contributed by atoms with van der Waals surface area (Å²) in [4.78, 5) is 0. The summed E-state index contributed by atoms with van der Waals surface area (Å²) in [5.41, 5.74) is 0. The average Bonchev–Trinajstić information content (AvgIpc) is 2.94. The molecule has 1 fully saturated rings. The van der Waals surface area contributed by atoms with E-state index in [0.717, 1.165) is 6.42 Å². The van der Waals surface area contributed by atoms with Gasteiger partial charge in [-0.2, -0.15) is 0 Å². The highest BCUT2D eigenvalue weighted by molar-refractivity contribution is 4.88. The van der Waals surface area contributed by atoms with Crippen molar-refractivity contribution in [2.24, 2.45) is 0 Å². The standard InChI is InChI=1S/C20H38O5/c1-2-3-4-5-6-7-8-9-10-11-12-13-14-24-15-18(22)20-19(23)17(21)16-25-20/h12-13,17-23H,2-11,14-16H2,1H3/b13-12+/t17-,18+,19-,20-/m1/s1. The van der Waals surface area contributed by atoms with Crippen LogP contribution in [0.1, 0.15) is 71.1 Å². The van der Waals surface area contributed by atoms with E-state index in [9.17, 15) is 15.3 Å². The molecule has 0 amide bonds. The molecule has 0 unspecified atom stereocenters. The van der Waals surface area contributed by atoms with E-state index < -0.39 is 24.4 Å². The first-order chi connectivity index (χ1) is 12.2. The third-order valence-electron chi connectivity index (χ3n) is 4.71. The normalized spacial score (nSPS) is 25.0. The summed E-state index contributed by atoms with van der Waals surface area (Å²) in [6, 6.07) is 0. The minimum absolute atomic E-state index is 0.0571. The highest BCUT2D eigenvalue weighted by Crippen LogP contribution is 2.17. The summed E-state index contributed by atoms with van der Waals surface area (Å²) in [6.07, 6.45) is 13.6. The minimum Gasteiger partial charge on any atom is -0.388 e. The zero-order chi connectivity index (χ0) is 18.3. The number of rotatable bonds is 15. The van der Waals surface area contributed by atoms with Gasteiger partial charge in [-0.05, 0) is 12.8 Å². The van der Waals surface area contributed by atoms with Gasteiger partial charge in [-0.3, -0.25) is 0 Å². The maximum atomic E-state index is 9.88. The van der Waals surface area contributed by atoms with Gasteiger partial charge in [0.1, 0.15) is 24.4 Å². The average molecular weight is 359 g/mol. The van der Waals surface area contributed by atoms with Crippen molar-refractivity contribution in [1.29, 1.82) is 0 Å². The minimum atomic E-state index is -1.04. The van der Waals surface area contributed by atoms with E-state index >= 15 is 0 Å². The van der Waals surface area contributed by atoms with E-state index in [1.807, 2.05) is 6.08 Å². The second-order valence-electron chi connectivity index (χ2n) is 7.05. The number of unbranched alkanes of at least 4 members (excludes halogenated alkanes) is 9. The smallest absolute Gasteiger partial charge is 0.114 e. The third kappa shape index (κ3) is 10.3. The summed E-state index contributed by atoms with van der Waals surface area (Å²) in [6.45, 7) is 2.85. The van der Waals surface area contributed by atoms with Crippen molar-refractivity contribution in [3.8, 4) is 0 Å². The topological polar surface area (TPSA) is 79.2 Å². The molecule has 0 aromatic rings. The lowest BCUT2D eigenvalue weighted by Crippen LogP contribution is -2.40. The van der Waals surface area contributed by atoms with Crippen LogP contribution in [0.4, 0.5) is 0 Å². The van der Waals surface area contributed by atoms with Gasteiger partial charge in [-0.1, -0.05) is 70.4 Å². The van der Waals surface area contributed by atoms with Crippen LogP contribution < -0.4 is 0 Å². The summed E-state index contributed by atoms with van der Waals surface area (Å²) >= 11 is 0. The van der Waals surface area contributed by atoms with Gasteiger partial charge in [0.05, 0.1) is 19.8 Å². The Balaban J connectivity index is 1.87. The van der Waals surface area contributed by atoms with Gasteiger partial charge in [0.25, 0.3) is 0 Å². The van der Waals surface area contributed by atoms with Crippen molar-refractivity contribution in [2.45, 2.75) is 95.5 Å². The third-order valence-corrected chi connectivity index (χ3v) is 4.71. The van der Waals surface area contributed by atoms with Gasteiger partial charge in [0.2, 0.25) is 0 Å². The molecule has 3 N–H and O–H groups in total. The van der Waals surface area contributed by atoms with Crippen molar-refractivity contribution in [2.75, 3.05) is 19.8 Å². The highest BCUT2D eigenvalue weighted by atomic mass is 16.5. The first kappa shape index (κ1) is 22.6. The van der Waals surface area contributed by atoms with Crippen LogP contribution in [0.5, 0.6) is 0 Å². The monoisotopic (exact) mass is 358 g/mol. The fourth-order valence-electron chi connectivity index (χ4n) is 3.07. The molecule has 0 aromatic carbocycles. The molecular weight excluding hydrogens is 320 g/mol. The molecule has 4 atom stereocenters. The molecule has 0 saturated carbocycles. The van der Waals surface area contributed by atoms with Gasteiger partial charge in [0.15, 0.2) is 0 Å². The molecule has 1 aliphatic heterocycles. The van der Waals surface area contributed by atoms with Gasteiger partial charge in [-0.25, -0.2) is 0 Å². The van der Waals surface area contributed by atoms with Gasteiger partial charge < -0.3 is 24.8 Å². The van der Waals surface area contributed by atoms with Crippen LogP contribution in [0, 0.1) is 0 Å². The van der Waals surface area contributed by atoms with E-state index in [1.165, 1.54) is 57.8 Å². The molecule has 0 bridgehead atoms. The molecule has 0 radical (unpaired) electrons. The molecule has 0 aliphatic carbocycles. The number of aliphatic hydroxyl groups is 3. The predicted molar refractivity (Wildman–Crippen MR) is 99.6 cm³/mol. The molecule has 0 aromatic heterocycles. The van der Waals surface area contributed by atoms with Crippen LogP contribution in [0.2, 0.25) is 0 Å². The van der Waals surface area contributed by atoms with Crippen molar-refractivity contribution < 1.29 is 24.8 Å². The van der Waals surface area contributed by atoms with E-state index in [1.54, 1.807) is 0 Å². The van der Waals surface area contributed by atoms with Gasteiger partial charge in [-0.15, -0.1) is 0 Å². The van der Waals surface area contributed by atoms with Crippen molar-refractivity contribution in [3.63, 3.8) is 0 Å². The number of hydrogen-bond donors (Lipinski definition) is 3. The second kappa shape index (κ2) is 14.7. The van der Waals surface area contributed by atoms with Crippen LogP contribution in [0.15, 0.2) is 12.2 Å². The fraction of sp³-hybridized carbons (Fsp3) is 0.900. The Morgan fingerprint density at radius 2 is 1.64 bits per heavy atom. The van der Waals surface area contributed by atoms with Crippen molar-refractivity contribution in [3.05, 3.63) is 12.2 Å². The molecule has 1 saturated heterocycles. The Labute approximate surface area is 153 Å². The molecule has 0 spiro atoms. The summed E-state index contributed by atoms with van der Waals surface area (Å²) in [5, 5.41) is 28.9. The zero-order valence-electron chi connectivity index (χ0n) is 15.8. The van der Waals surface area contributed by atoms with Crippen LogP contribution in [0.3, 0.4) is 0 Å². The molecule has 5 nitrogen and oxygen atoms in total. The molecule has 1 heterocycles. The maximum Gasteiger partial charge on any atom is 0.114 e. The molecule has 1 rings (SSSR count). The van der Waals surface area contributed by atoms with Crippen LogP contribution in [-0.2, 0) is 9.47 Å². The summed E-state index contributed by atoms with van der Waals surface area (Å²) < 4.78 is 10.5. The van der Waals surface area contributed by atoms with E-state index in [2.05, 4.69) is 13.0 Å². The zero-order valence-corrected chi connectivity index (χ0v) is 15.8. The summed E-state index contributed by atoms with van der Waals surface area (Å²) in [7, 11) is 0. The van der Waals surface area contributed by atoms with E-state index in [4.69, 9.17) is 9.47 Å². The first-order valence-electron chi connectivity index (χ1n) is 10.0. The number of ether oxygens (including phenoxy) is 2. The van der Waals surface area contributed by atoms with Crippen LogP contribution >= 0.6 is 0 Å². The number of hydrogen-bond acceptors (Lipinski definition) is 5. The summed E-state index contributed by atoms with van der Waals surface area (Å²) in [5.74, 6) is 0. The van der Waals surface area contributed by atoms with Gasteiger partial charge in [0, 0.05) is 0 Å². The highest BCUT2D eigenvalue weighted by Gasteiger charge is 2.39. The molecule has 5 heteroatoms. The Kier molecular flexibility index (Phi) is 13.3. The molecular formula is C20H38O5. The van der Waals surface area contributed by atoms with Crippen molar-refractivity contribution in [1.82, 2.24) is 0 Å². The fourth-order valence-corrected chi connectivity index (χ4v) is 3.07. The van der Waals surface area contributed by atoms with E-state index in [0.29, 0.717) is 6.61 Å². The lowest BCUT2D eigenvalue weighted by molar-refractivity contribution is -0.0782. The van der Waals surface area contributed by atoms with Crippen LogP contribution in [-0.4, -0.2) is 59.6 Å². The first-order valence-corrected chi connectivity index (χ1v) is 10.0. The predicted octanol–water partition coefficient (Wildman–Crippen LogP) is 2.96. The van der Waals surface area contributed by atoms with Crippen molar-refractivity contribution >= 4 is 0 Å². The molecule has 1 aliphatic rings. The quantitative estimate of drug-likeness (QED) is 0.310. The van der Waals surface area contributed by atoms with E-state index in [-0.39, 0.29) is 13.2 Å². The van der Waals surface area contributed by atoms with Crippen LogP contribution in [0.25, 0.3) is 0 Å². The molecule has 25 heavy (non-hydrogen) atoms. The Morgan fingerprint density at radius 1 is 1.00 bits per heavy atom. The second-order valence-corrected chi connectivity index (χ2v) is 7.05. The van der Waals surface area contributed by atoms with Gasteiger partial charge >= 0.3 is 0 Å². The lowest BCUT2D eigenvalue weighted by atomic mass is 10.1. The lowest BCUT2D eigenvalue weighted by Gasteiger charge is -2.20.